The Morgan fingerprint density at radius 3 is 2.16 bits per heavy atom. The van der Waals surface area contributed by atoms with Crippen LogP contribution in [0.15, 0.2) is 46.9 Å². The number of ketones is 1. The van der Waals surface area contributed by atoms with Crippen molar-refractivity contribution in [3.8, 4) is 5.75 Å². The van der Waals surface area contributed by atoms with E-state index in [1.807, 2.05) is 52.0 Å². The fraction of sp³-hybridized carbons (Fsp3) is 0.407. The number of ether oxygens (including phenoxy) is 1. The minimum absolute atomic E-state index is 0.0550. The van der Waals surface area contributed by atoms with Crippen LogP contribution >= 0.6 is 0 Å². The highest BCUT2D eigenvalue weighted by Crippen LogP contribution is 2.41. The first-order valence-electron chi connectivity index (χ1n) is 11.1. The minimum Gasteiger partial charge on any atom is -0.486 e. The van der Waals surface area contributed by atoms with E-state index >= 15 is 0 Å². The molecule has 32 heavy (non-hydrogen) atoms. The van der Waals surface area contributed by atoms with Crippen molar-refractivity contribution < 1.29 is 23.8 Å². The van der Waals surface area contributed by atoms with Gasteiger partial charge in [0.1, 0.15) is 17.9 Å². The van der Waals surface area contributed by atoms with Gasteiger partial charge in [-0.1, -0.05) is 52.8 Å². The van der Waals surface area contributed by atoms with Crippen LogP contribution in [0.1, 0.15) is 74.7 Å². The van der Waals surface area contributed by atoms with Gasteiger partial charge in [0.25, 0.3) is 0 Å². The molecule has 0 aliphatic carbocycles. The van der Waals surface area contributed by atoms with E-state index < -0.39 is 11.4 Å². The van der Waals surface area contributed by atoms with Crippen LogP contribution in [0.25, 0.3) is 11.0 Å². The number of hydrogen-bond donors (Lipinski definition) is 1. The predicted molar refractivity (Wildman–Crippen MR) is 126 cm³/mol. The molecule has 1 aromatic heterocycles. The van der Waals surface area contributed by atoms with Gasteiger partial charge in [-0.25, -0.2) is 4.79 Å². The summed E-state index contributed by atoms with van der Waals surface area (Å²) in [5, 5.41) is 10.0. The van der Waals surface area contributed by atoms with Gasteiger partial charge in [0, 0.05) is 16.2 Å². The van der Waals surface area contributed by atoms with E-state index in [9.17, 15) is 14.7 Å². The molecule has 1 N–H and O–H groups in total. The Labute approximate surface area is 189 Å². The first kappa shape index (κ1) is 23.6. The molecule has 1 heterocycles. The molecule has 0 unspecified atom stereocenters. The number of carbonyl (C=O) groups is 2. The molecule has 0 saturated heterocycles. The highest BCUT2D eigenvalue weighted by Gasteiger charge is 2.32. The van der Waals surface area contributed by atoms with E-state index in [0.717, 1.165) is 34.9 Å². The number of aromatic carboxylic acids is 1. The summed E-state index contributed by atoms with van der Waals surface area (Å²) in [6.07, 6.45) is 1.75. The van der Waals surface area contributed by atoms with Crippen LogP contribution in [0.2, 0.25) is 0 Å². The van der Waals surface area contributed by atoms with Gasteiger partial charge in [-0.15, -0.1) is 0 Å². The highest BCUT2D eigenvalue weighted by molar-refractivity contribution is 5.91. The van der Waals surface area contributed by atoms with Crippen molar-refractivity contribution >= 4 is 22.7 Å². The van der Waals surface area contributed by atoms with E-state index in [1.54, 1.807) is 6.07 Å². The Hall–Kier alpha value is -3.08. The maximum Gasteiger partial charge on any atom is 0.371 e. The molecule has 0 atom stereocenters. The van der Waals surface area contributed by atoms with Gasteiger partial charge in [-0.2, -0.15) is 0 Å². The van der Waals surface area contributed by atoms with Crippen LogP contribution in [-0.2, 0) is 10.2 Å². The van der Waals surface area contributed by atoms with Crippen LogP contribution in [-0.4, -0.2) is 23.5 Å². The number of rotatable bonds is 8. The zero-order valence-corrected chi connectivity index (χ0v) is 19.7. The fourth-order valence-corrected chi connectivity index (χ4v) is 4.15. The average molecular weight is 437 g/mol. The molecule has 0 fully saturated rings. The molecule has 0 radical (unpaired) electrons. The van der Waals surface area contributed by atoms with Gasteiger partial charge < -0.3 is 14.3 Å². The summed E-state index contributed by atoms with van der Waals surface area (Å²) in [4.78, 5) is 23.5. The Morgan fingerprint density at radius 2 is 1.59 bits per heavy atom. The first-order valence-corrected chi connectivity index (χ1v) is 11.1. The van der Waals surface area contributed by atoms with Gasteiger partial charge in [0.2, 0.25) is 5.76 Å². The summed E-state index contributed by atoms with van der Waals surface area (Å²) in [5.74, 6) is -0.357. The number of carboxylic acid groups (broad SMARTS) is 1. The summed E-state index contributed by atoms with van der Waals surface area (Å²) in [6, 6.07) is 13.6. The smallest absolute Gasteiger partial charge is 0.371 e. The summed E-state index contributed by atoms with van der Waals surface area (Å²) in [7, 11) is 0. The van der Waals surface area contributed by atoms with Crippen molar-refractivity contribution in [1.82, 2.24) is 0 Å². The lowest BCUT2D eigenvalue weighted by Gasteiger charge is -2.34. The molecule has 5 heteroatoms. The van der Waals surface area contributed by atoms with Crippen molar-refractivity contribution in [3.05, 3.63) is 64.9 Å². The van der Waals surface area contributed by atoms with Crippen LogP contribution in [0, 0.1) is 12.3 Å². The van der Waals surface area contributed by atoms with Crippen LogP contribution in [0.4, 0.5) is 0 Å². The molecule has 5 nitrogen and oxygen atoms in total. The highest BCUT2D eigenvalue weighted by atomic mass is 16.5. The molecular weight excluding hydrogens is 404 g/mol. The van der Waals surface area contributed by atoms with Gasteiger partial charge in [0.15, 0.2) is 5.78 Å². The molecule has 0 bridgehead atoms. The van der Waals surface area contributed by atoms with Crippen LogP contribution in [0.5, 0.6) is 5.75 Å². The number of fused-ring (bicyclic) bond motifs is 1. The van der Waals surface area contributed by atoms with Gasteiger partial charge in [-0.3, -0.25) is 4.79 Å². The predicted octanol–water partition coefficient (Wildman–Crippen LogP) is 6.54. The third-order valence-electron chi connectivity index (χ3n) is 6.41. The van der Waals surface area contributed by atoms with E-state index in [4.69, 9.17) is 9.15 Å². The molecule has 0 aliphatic rings. The van der Waals surface area contributed by atoms with Gasteiger partial charge >= 0.3 is 5.97 Å². The summed E-state index contributed by atoms with van der Waals surface area (Å²) >= 11 is 0. The Kier molecular flexibility index (Phi) is 6.49. The maximum atomic E-state index is 12.2. The Morgan fingerprint density at radius 1 is 0.969 bits per heavy atom. The Balaban J connectivity index is 1.97. The van der Waals surface area contributed by atoms with E-state index in [1.165, 1.54) is 0 Å². The van der Waals surface area contributed by atoms with E-state index in [-0.39, 0.29) is 23.6 Å². The zero-order chi connectivity index (χ0) is 23.7. The lowest BCUT2D eigenvalue weighted by molar-refractivity contribution is -0.128. The molecule has 2 aromatic carbocycles. The molecule has 3 rings (SSSR count). The maximum absolute atomic E-state index is 12.2. The molecule has 0 aliphatic heterocycles. The van der Waals surface area contributed by atoms with Gasteiger partial charge in [0.05, 0.1) is 0 Å². The Bertz CT molecular complexity index is 1140. The SMILES string of the molecule is CCC(CC)(c1ccc(OCC(=O)C(C)(C)C)c(C)c1)c1ccc2oc(C(=O)O)cc2c1. The minimum atomic E-state index is -1.07. The second-order valence-corrected chi connectivity index (χ2v) is 9.40. The lowest BCUT2D eigenvalue weighted by atomic mass is 9.70. The normalized spacial score (nSPS) is 12.2. The van der Waals surface area contributed by atoms with E-state index in [2.05, 4.69) is 26.0 Å². The first-order chi connectivity index (χ1) is 15.0. The summed E-state index contributed by atoms with van der Waals surface area (Å²) in [5.41, 5.74) is 3.15. The standard InChI is InChI=1S/C27H32O5/c1-7-27(8-2,20-10-12-22-18(14-20)15-23(32-22)25(29)30)19-9-11-21(17(3)13-19)31-16-24(28)26(4,5)6/h9-15H,7-8,16H2,1-6H3,(H,29,30). The van der Waals surface area contributed by atoms with E-state index in [0.29, 0.717) is 11.3 Å². The topological polar surface area (TPSA) is 76.7 Å². The number of benzene rings is 2. The zero-order valence-electron chi connectivity index (χ0n) is 19.7. The molecule has 0 spiro atoms. The molecule has 0 saturated carbocycles. The second-order valence-electron chi connectivity index (χ2n) is 9.40. The van der Waals surface area contributed by atoms with Crippen LogP contribution in [0.3, 0.4) is 0 Å². The van der Waals surface area contributed by atoms with Crippen LogP contribution < -0.4 is 4.74 Å². The number of carbonyl (C=O) groups excluding carboxylic acids is 1. The number of carboxylic acids is 1. The monoisotopic (exact) mass is 436 g/mol. The third kappa shape index (κ3) is 4.43. The fourth-order valence-electron chi connectivity index (χ4n) is 4.15. The average Bonchev–Trinajstić information content (AvgIpc) is 3.17. The second kappa shape index (κ2) is 8.81. The number of hydrogen-bond acceptors (Lipinski definition) is 4. The largest absolute Gasteiger partial charge is 0.486 e. The molecule has 0 amide bonds. The lowest BCUT2D eigenvalue weighted by Crippen LogP contribution is -2.27. The summed E-state index contributed by atoms with van der Waals surface area (Å²) in [6.45, 7) is 12.0. The van der Waals surface area contributed by atoms with Crippen molar-refractivity contribution in [2.24, 2.45) is 5.41 Å². The number of furan rings is 1. The molecule has 3 aromatic rings. The number of Topliss-reactive ketones (excluding diaryl/α,β-unsaturated/α-hetero) is 1. The van der Waals surface area contributed by atoms with Crippen molar-refractivity contribution in [1.29, 1.82) is 0 Å². The van der Waals surface area contributed by atoms with Crippen molar-refractivity contribution in [3.63, 3.8) is 0 Å². The van der Waals surface area contributed by atoms with Gasteiger partial charge in [-0.05, 0) is 60.7 Å². The molecule has 170 valence electrons. The quantitative estimate of drug-likeness (QED) is 0.434. The van der Waals surface area contributed by atoms with Crippen molar-refractivity contribution in [2.75, 3.05) is 6.61 Å². The summed E-state index contributed by atoms with van der Waals surface area (Å²) < 4.78 is 11.3. The molecular formula is C27H32O5. The third-order valence-corrected chi connectivity index (χ3v) is 6.41. The van der Waals surface area contributed by atoms with Crippen molar-refractivity contribution in [2.45, 2.75) is 59.8 Å². The number of aryl methyl sites for hydroxylation is 1.